The van der Waals surface area contributed by atoms with Crippen LogP contribution in [0.1, 0.15) is 23.3 Å². The van der Waals surface area contributed by atoms with Crippen molar-refractivity contribution in [2.45, 2.75) is 38.1 Å². The van der Waals surface area contributed by atoms with E-state index in [1.807, 2.05) is 62.6 Å². The van der Waals surface area contributed by atoms with Crippen molar-refractivity contribution in [1.82, 2.24) is 19.7 Å². The zero-order valence-electron chi connectivity index (χ0n) is 14.5. The van der Waals surface area contributed by atoms with Crippen LogP contribution in [0, 0.1) is 20.8 Å². The highest BCUT2D eigenvalue weighted by molar-refractivity contribution is 8.00. The van der Waals surface area contributed by atoms with E-state index in [2.05, 4.69) is 20.5 Å². The highest BCUT2D eigenvalue weighted by atomic mass is 32.2. The Morgan fingerprint density at radius 3 is 2.56 bits per heavy atom. The van der Waals surface area contributed by atoms with Crippen LogP contribution in [0.4, 0.5) is 5.13 Å². The summed E-state index contributed by atoms with van der Waals surface area (Å²) in [4.78, 5) is 17.9. The van der Waals surface area contributed by atoms with E-state index in [4.69, 9.17) is 0 Å². The summed E-state index contributed by atoms with van der Waals surface area (Å²) >= 11 is 2.86. The number of nitrogens with zero attached hydrogens (tertiary/aromatic N) is 4. The lowest BCUT2D eigenvalue weighted by molar-refractivity contribution is -0.115. The molecule has 2 heterocycles. The van der Waals surface area contributed by atoms with Gasteiger partial charge in [-0.2, -0.15) is 0 Å². The number of anilines is 1. The molecule has 0 fully saturated rings. The first-order valence-electron chi connectivity index (χ1n) is 7.84. The molecule has 2 aromatic heterocycles. The van der Waals surface area contributed by atoms with Crippen LogP contribution in [-0.4, -0.2) is 30.9 Å². The van der Waals surface area contributed by atoms with Crippen molar-refractivity contribution >= 4 is 34.1 Å². The van der Waals surface area contributed by atoms with Crippen LogP contribution < -0.4 is 5.32 Å². The van der Waals surface area contributed by atoms with Crippen molar-refractivity contribution in [1.29, 1.82) is 0 Å². The Labute approximate surface area is 154 Å². The molecule has 1 atom stereocenters. The zero-order valence-corrected chi connectivity index (χ0v) is 16.1. The van der Waals surface area contributed by atoms with E-state index < -0.39 is 0 Å². The molecule has 0 saturated carbocycles. The summed E-state index contributed by atoms with van der Waals surface area (Å²) in [6, 6.07) is 9.88. The number of aromatic nitrogens is 4. The van der Waals surface area contributed by atoms with E-state index >= 15 is 0 Å². The molecule has 0 aliphatic carbocycles. The van der Waals surface area contributed by atoms with E-state index in [0.717, 1.165) is 22.1 Å². The maximum Gasteiger partial charge on any atom is 0.239 e. The molecule has 0 aliphatic rings. The summed E-state index contributed by atoms with van der Waals surface area (Å²) in [7, 11) is 0. The van der Waals surface area contributed by atoms with Gasteiger partial charge in [0.15, 0.2) is 10.3 Å². The maximum atomic E-state index is 12.5. The number of carbonyl (C=O) groups is 1. The first-order valence-corrected chi connectivity index (χ1v) is 9.54. The third-order valence-corrected chi connectivity index (χ3v) is 5.75. The molecule has 0 saturated heterocycles. The largest absolute Gasteiger partial charge is 0.301 e. The second-order valence-electron chi connectivity index (χ2n) is 5.61. The number of thiazole rings is 1. The normalized spacial score (nSPS) is 12.2. The Hall–Kier alpha value is -2.19. The van der Waals surface area contributed by atoms with Crippen LogP contribution in [0.2, 0.25) is 0 Å². The monoisotopic (exact) mass is 373 g/mol. The van der Waals surface area contributed by atoms with E-state index in [1.54, 1.807) is 0 Å². The highest BCUT2D eigenvalue weighted by Crippen LogP contribution is 2.27. The van der Waals surface area contributed by atoms with Crippen LogP contribution in [0.25, 0.3) is 5.69 Å². The maximum absolute atomic E-state index is 12.5. The molecular formula is C17H19N5OS2. The molecule has 0 aliphatic heterocycles. The summed E-state index contributed by atoms with van der Waals surface area (Å²) in [6.45, 7) is 7.68. The van der Waals surface area contributed by atoms with E-state index in [9.17, 15) is 4.79 Å². The number of benzene rings is 1. The lowest BCUT2D eigenvalue weighted by Gasteiger charge is -2.12. The van der Waals surface area contributed by atoms with Gasteiger partial charge in [0.25, 0.3) is 0 Å². The number of thioether (sulfide) groups is 1. The van der Waals surface area contributed by atoms with Gasteiger partial charge in [0.05, 0.1) is 10.9 Å². The summed E-state index contributed by atoms with van der Waals surface area (Å²) in [5, 5.41) is 12.3. The van der Waals surface area contributed by atoms with Gasteiger partial charge in [-0.3, -0.25) is 9.36 Å². The SMILES string of the molecule is Cc1nc(NC(=O)[C@@H](C)Sc2nnc(C)n2-c2ccccc2)sc1C. The average molecular weight is 374 g/mol. The minimum atomic E-state index is -0.324. The Morgan fingerprint density at radius 1 is 1.20 bits per heavy atom. The molecule has 0 bridgehead atoms. The van der Waals surface area contributed by atoms with Gasteiger partial charge in [0.1, 0.15) is 5.82 Å². The van der Waals surface area contributed by atoms with Gasteiger partial charge in [-0.25, -0.2) is 4.98 Å². The standard InChI is InChI=1S/C17H19N5OS2/c1-10-11(2)24-16(18-10)19-15(23)12(3)25-17-21-20-13(4)22(17)14-8-6-5-7-9-14/h5-9,12H,1-4H3,(H,18,19,23)/t12-/m1/s1. The molecule has 3 aromatic rings. The van der Waals surface area contributed by atoms with Crippen LogP contribution >= 0.6 is 23.1 Å². The minimum absolute atomic E-state index is 0.0981. The summed E-state index contributed by atoms with van der Waals surface area (Å²) in [5.41, 5.74) is 1.92. The molecule has 0 radical (unpaired) electrons. The number of hydrogen-bond donors (Lipinski definition) is 1. The molecule has 1 amide bonds. The molecule has 1 aromatic carbocycles. The Kier molecular flexibility index (Phi) is 5.19. The Balaban J connectivity index is 1.75. The fourth-order valence-corrected chi connectivity index (χ4v) is 3.97. The van der Waals surface area contributed by atoms with Gasteiger partial charge in [-0.15, -0.1) is 21.5 Å². The molecular weight excluding hydrogens is 354 g/mol. The van der Waals surface area contributed by atoms with Crippen molar-refractivity contribution in [3.8, 4) is 5.69 Å². The molecule has 0 unspecified atom stereocenters. The van der Waals surface area contributed by atoms with Gasteiger partial charge >= 0.3 is 0 Å². The molecule has 0 spiro atoms. The molecule has 8 heteroatoms. The average Bonchev–Trinajstić information content (AvgIpc) is 3.10. The van der Waals surface area contributed by atoms with Crippen LogP contribution in [0.5, 0.6) is 0 Å². The third kappa shape index (κ3) is 3.91. The van der Waals surface area contributed by atoms with Crippen molar-refractivity contribution in [2.75, 3.05) is 5.32 Å². The summed E-state index contributed by atoms with van der Waals surface area (Å²) < 4.78 is 1.95. The van der Waals surface area contributed by atoms with Crippen molar-refractivity contribution < 1.29 is 4.79 Å². The number of nitrogens with one attached hydrogen (secondary N) is 1. The molecule has 25 heavy (non-hydrogen) atoms. The van der Waals surface area contributed by atoms with Crippen LogP contribution in [0.15, 0.2) is 35.5 Å². The lowest BCUT2D eigenvalue weighted by atomic mass is 10.3. The van der Waals surface area contributed by atoms with Crippen molar-refractivity contribution in [3.63, 3.8) is 0 Å². The zero-order chi connectivity index (χ0) is 18.0. The van der Waals surface area contributed by atoms with E-state index in [-0.39, 0.29) is 11.2 Å². The number of amides is 1. The first-order chi connectivity index (χ1) is 12.0. The van der Waals surface area contributed by atoms with E-state index in [0.29, 0.717) is 10.3 Å². The predicted octanol–water partition coefficient (Wildman–Crippen LogP) is 3.77. The summed E-state index contributed by atoms with van der Waals surface area (Å²) in [6.07, 6.45) is 0. The van der Waals surface area contributed by atoms with Crippen molar-refractivity contribution in [3.05, 3.63) is 46.7 Å². The quantitative estimate of drug-likeness (QED) is 0.689. The molecule has 3 rings (SSSR count). The van der Waals surface area contributed by atoms with Crippen LogP contribution in [0.3, 0.4) is 0 Å². The lowest BCUT2D eigenvalue weighted by Crippen LogP contribution is -2.22. The second-order valence-corrected chi connectivity index (χ2v) is 8.12. The summed E-state index contributed by atoms with van der Waals surface area (Å²) in [5.74, 6) is 0.687. The fraction of sp³-hybridized carbons (Fsp3) is 0.294. The van der Waals surface area contributed by atoms with Gasteiger partial charge in [-0.05, 0) is 39.8 Å². The van der Waals surface area contributed by atoms with Crippen molar-refractivity contribution in [2.24, 2.45) is 0 Å². The molecule has 6 nitrogen and oxygen atoms in total. The first kappa shape index (κ1) is 17.6. The number of rotatable bonds is 5. The number of aryl methyl sites for hydroxylation is 3. The van der Waals surface area contributed by atoms with Crippen LogP contribution in [-0.2, 0) is 4.79 Å². The smallest absolute Gasteiger partial charge is 0.239 e. The minimum Gasteiger partial charge on any atom is -0.301 e. The van der Waals surface area contributed by atoms with Gasteiger partial charge in [0, 0.05) is 10.6 Å². The van der Waals surface area contributed by atoms with Gasteiger partial charge in [-0.1, -0.05) is 30.0 Å². The highest BCUT2D eigenvalue weighted by Gasteiger charge is 2.21. The van der Waals surface area contributed by atoms with E-state index in [1.165, 1.54) is 23.1 Å². The molecule has 130 valence electrons. The number of para-hydroxylation sites is 1. The Morgan fingerprint density at radius 2 is 1.92 bits per heavy atom. The van der Waals surface area contributed by atoms with Gasteiger partial charge in [0.2, 0.25) is 5.91 Å². The number of hydrogen-bond acceptors (Lipinski definition) is 6. The second kappa shape index (κ2) is 7.37. The topological polar surface area (TPSA) is 72.7 Å². The fourth-order valence-electron chi connectivity index (χ4n) is 2.24. The number of carbonyl (C=O) groups excluding carboxylic acids is 1. The predicted molar refractivity (Wildman–Crippen MR) is 102 cm³/mol. The van der Waals surface area contributed by atoms with Gasteiger partial charge < -0.3 is 5.32 Å². The Bertz CT molecular complexity index is 868. The third-order valence-electron chi connectivity index (χ3n) is 3.72. The molecule has 1 N–H and O–H groups in total.